The van der Waals surface area contributed by atoms with Crippen molar-refractivity contribution in [3.8, 4) is 0 Å². The quantitative estimate of drug-likeness (QED) is 0.342. The molecule has 2 heterocycles. The van der Waals surface area contributed by atoms with Gasteiger partial charge in [-0.25, -0.2) is 22.2 Å². The molecular weight excluding hydrogens is 460 g/mol. The van der Waals surface area contributed by atoms with Crippen LogP contribution in [0.3, 0.4) is 0 Å². The number of aromatic nitrogens is 2. The maximum absolute atomic E-state index is 13.7. The lowest BCUT2D eigenvalue weighted by Gasteiger charge is -2.13. The van der Waals surface area contributed by atoms with E-state index in [1.54, 1.807) is 48.5 Å². The number of hydrogen-bond acceptors (Lipinski definition) is 5. The first-order valence-electron chi connectivity index (χ1n) is 10.4. The minimum Gasteiger partial charge on any atom is -0.465 e. The van der Waals surface area contributed by atoms with Gasteiger partial charge in [0.25, 0.3) is 10.0 Å². The number of ether oxygens (including phenoxy) is 1. The van der Waals surface area contributed by atoms with E-state index in [2.05, 4.69) is 18.8 Å². The van der Waals surface area contributed by atoms with Gasteiger partial charge in [0, 0.05) is 23.7 Å². The average molecular weight is 483 g/mol. The number of halogens is 1. The number of carbonyl (C=O) groups excluding carboxylic acids is 1. The minimum absolute atomic E-state index is 0.184. The Hall–Kier alpha value is -3.16. The third-order valence-electron chi connectivity index (χ3n) is 5.48. The Morgan fingerprint density at radius 1 is 1.06 bits per heavy atom. The van der Waals surface area contributed by atoms with E-state index in [-0.39, 0.29) is 4.90 Å². The molecule has 170 valence electrons. The summed E-state index contributed by atoms with van der Waals surface area (Å²) in [6.45, 7) is 4.11. The maximum Gasteiger partial charge on any atom is 0.337 e. The van der Waals surface area contributed by atoms with Crippen molar-refractivity contribution >= 4 is 38.6 Å². The maximum atomic E-state index is 13.7. The Morgan fingerprint density at radius 2 is 1.73 bits per heavy atom. The molecule has 0 amide bonds. The Bertz CT molecular complexity index is 1420. The first-order valence-corrected chi connectivity index (χ1v) is 12.2. The van der Waals surface area contributed by atoms with E-state index in [1.807, 2.05) is 12.1 Å². The number of nitrogens with zero attached hydrogens (tertiary/aromatic N) is 2. The molecular formula is C25H23ClN2O4S. The zero-order valence-electron chi connectivity index (χ0n) is 18.4. The van der Waals surface area contributed by atoms with Gasteiger partial charge >= 0.3 is 5.97 Å². The summed E-state index contributed by atoms with van der Waals surface area (Å²) in [6.07, 6.45) is 1.76. The average Bonchev–Trinajstić information content (AvgIpc) is 3.16. The zero-order chi connectivity index (χ0) is 23.8. The van der Waals surface area contributed by atoms with Crippen LogP contribution in [0.4, 0.5) is 0 Å². The second-order valence-corrected chi connectivity index (χ2v) is 10.3. The molecule has 0 bridgehead atoms. The van der Waals surface area contributed by atoms with Crippen molar-refractivity contribution in [2.75, 3.05) is 7.11 Å². The van der Waals surface area contributed by atoms with Gasteiger partial charge in [-0.15, -0.1) is 0 Å². The van der Waals surface area contributed by atoms with Crippen molar-refractivity contribution in [1.82, 2.24) is 8.96 Å². The summed E-state index contributed by atoms with van der Waals surface area (Å²) in [5.74, 6) is -0.136. The molecule has 0 radical (unpaired) electrons. The molecule has 0 saturated heterocycles. The molecule has 0 fully saturated rings. The Morgan fingerprint density at radius 3 is 2.33 bits per heavy atom. The largest absolute Gasteiger partial charge is 0.465 e. The van der Waals surface area contributed by atoms with E-state index < -0.39 is 16.0 Å². The molecule has 0 atom stereocenters. The highest BCUT2D eigenvalue weighted by atomic mass is 35.5. The van der Waals surface area contributed by atoms with Gasteiger partial charge in [-0.2, -0.15) is 0 Å². The van der Waals surface area contributed by atoms with Gasteiger partial charge in [-0.1, -0.05) is 49.7 Å². The van der Waals surface area contributed by atoms with Crippen molar-refractivity contribution in [3.63, 3.8) is 0 Å². The van der Waals surface area contributed by atoms with Crippen molar-refractivity contribution in [1.29, 1.82) is 0 Å². The molecule has 2 aromatic heterocycles. The molecule has 0 N–H and O–H groups in total. The Kier molecular flexibility index (Phi) is 6.28. The second-order valence-electron chi connectivity index (χ2n) is 8.06. The predicted molar refractivity (Wildman–Crippen MR) is 128 cm³/mol. The summed E-state index contributed by atoms with van der Waals surface area (Å²) in [6, 6.07) is 17.3. The highest BCUT2D eigenvalue weighted by Crippen LogP contribution is 2.28. The second kappa shape index (κ2) is 9.00. The number of fused-ring (bicyclic) bond motifs is 1. The molecule has 8 heteroatoms. The van der Waals surface area contributed by atoms with E-state index in [1.165, 1.54) is 17.3 Å². The van der Waals surface area contributed by atoms with Crippen LogP contribution in [0.15, 0.2) is 71.8 Å². The van der Waals surface area contributed by atoms with Gasteiger partial charge in [0.2, 0.25) is 0 Å². The van der Waals surface area contributed by atoms with Gasteiger partial charge in [-0.05, 0) is 53.4 Å². The number of rotatable bonds is 6. The SMILES string of the molecule is COC(=O)c1ccc(Cc2cc3cc(Cl)cnc3n2S(=O)(=O)c2ccc(C(C)C)cc2)cc1. The van der Waals surface area contributed by atoms with Gasteiger partial charge in [-0.3, -0.25) is 0 Å². The highest BCUT2D eigenvalue weighted by Gasteiger charge is 2.24. The van der Waals surface area contributed by atoms with E-state index in [0.717, 1.165) is 11.1 Å². The number of methoxy groups -OCH3 is 1. The first kappa shape index (κ1) is 23.0. The summed E-state index contributed by atoms with van der Waals surface area (Å²) in [7, 11) is -2.59. The topological polar surface area (TPSA) is 78.3 Å². The van der Waals surface area contributed by atoms with Crippen LogP contribution in [0.1, 0.15) is 46.9 Å². The van der Waals surface area contributed by atoms with Gasteiger partial charge < -0.3 is 4.74 Å². The molecule has 6 nitrogen and oxygen atoms in total. The molecule has 0 saturated carbocycles. The van der Waals surface area contributed by atoms with Gasteiger partial charge in [0.15, 0.2) is 5.65 Å². The summed E-state index contributed by atoms with van der Waals surface area (Å²) in [5, 5.41) is 1.05. The molecule has 0 aliphatic carbocycles. The molecule has 33 heavy (non-hydrogen) atoms. The fraction of sp³-hybridized carbons (Fsp3) is 0.200. The van der Waals surface area contributed by atoms with Crippen LogP contribution in [0.5, 0.6) is 0 Å². The summed E-state index contributed by atoms with van der Waals surface area (Å²) in [5.41, 5.74) is 3.17. The molecule has 4 rings (SSSR count). The summed E-state index contributed by atoms with van der Waals surface area (Å²) in [4.78, 5) is 16.2. The lowest BCUT2D eigenvalue weighted by molar-refractivity contribution is 0.0600. The smallest absolute Gasteiger partial charge is 0.337 e. The van der Waals surface area contributed by atoms with Crippen molar-refractivity contribution < 1.29 is 17.9 Å². The molecule has 0 spiro atoms. The number of esters is 1. The number of benzene rings is 2. The van der Waals surface area contributed by atoms with Crippen LogP contribution in [0.25, 0.3) is 11.0 Å². The molecule has 0 aliphatic rings. The van der Waals surface area contributed by atoms with Crippen LogP contribution in [0, 0.1) is 0 Å². The van der Waals surface area contributed by atoms with Crippen LogP contribution < -0.4 is 0 Å². The third kappa shape index (κ3) is 4.51. The number of hydrogen-bond donors (Lipinski definition) is 0. The predicted octanol–water partition coefficient (Wildman–Crippen LogP) is 5.43. The van der Waals surface area contributed by atoms with E-state index in [9.17, 15) is 13.2 Å². The standard InChI is InChI=1S/C25H23ClN2O4S/c1-16(2)18-8-10-23(11-9-18)33(30,31)28-22(14-20-13-21(26)15-27-24(20)28)12-17-4-6-19(7-5-17)25(29)32-3/h4-11,13-16H,12H2,1-3H3. The van der Waals surface area contributed by atoms with Crippen molar-refractivity contribution in [3.05, 3.63) is 94.3 Å². The van der Waals surface area contributed by atoms with Crippen LogP contribution in [0.2, 0.25) is 5.02 Å². The summed E-state index contributed by atoms with van der Waals surface area (Å²) < 4.78 is 33.4. The molecule has 0 unspecified atom stereocenters. The van der Waals surface area contributed by atoms with Gasteiger partial charge in [0.1, 0.15) is 0 Å². The van der Waals surface area contributed by atoms with Crippen LogP contribution in [-0.4, -0.2) is 30.5 Å². The molecule has 0 aliphatic heterocycles. The van der Waals surface area contributed by atoms with Crippen molar-refractivity contribution in [2.45, 2.75) is 31.1 Å². The third-order valence-corrected chi connectivity index (χ3v) is 7.45. The lowest BCUT2D eigenvalue weighted by Crippen LogP contribution is -2.16. The zero-order valence-corrected chi connectivity index (χ0v) is 20.0. The summed E-state index contributed by atoms with van der Waals surface area (Å²) >= 11 is 6.11. The van der Waals surface area contributed by atoms with Crippen LogP contribution >= 0.6 is 11.6 Å². The van der Waals surface area contributed by atoms with E-state index >= 15 is 0 Å². The van der Waals surface area contributed by atoms with Gasteiger partial charge in [0.05, 0.1) is 22.6 Å². The van der Waals surface area contributed by atoms with E-state index in [4.69, 9.17) is 16.3 Å². The fourth-order valence-electron chi connectivity index (χ4n) is 3.70. The normalized spacial score (nSPS) is 11.8. The monoisotopic (exact) mass is 482 g/mol. The number of pyridine rings is 1. The fourth-order valence-corrected chi connectivity index (χ4v) is 5.37. The van der Waals surface area contributed by atoms with E-state index in [0.29, 0.717) is 39.7 Å². The van der Waals surface area contributed by atoms with Crippen molar-refractivity contribution in [2.24, 2.45) is 0 Å². The molecule has 2 aromatic carbocycles. The highest BCUT2D eigenvalue weighted by molar-refractivity contribution is 7.90. The van der Waals surface area contributed by atoms with Crippen LogP contribution in [-0.2, 0) is 21.2 Å². The Labute approximate surface area is 197 Å². The first-order chi connectivity index (χ1) is 15.7. The number of carbonyl (C=O) groups is 1. The minimum atomic E-state index is -3.92. The molecule has 4 aromatic rings. The lowest BCUT2D eigenvalue weighted by atomic mass is 10.0. The Balaban J connectivity index is 1.81.